The summed E-state index contributed by atoms with van der Waals surface area (Å²) in [5, 5.41) is 16.6. The average Bonchev–Trinajstić information content (AvgIpc) is 3.78. The second-order valence-corrected chi connectivity index (χ2v) is 13.4. The Balaban J connectivity index is 1.39. The molecule has 1 heterocycles. The van der Waals surface area contributed by atoms with Crippen molar-refractivity contribution in [2.75, 3.05) is 25.5 Å². The second kappa shape index (κ2) is 14.6. The maximum atomic E-state index is 13.0. The lowest BCUT2D eigenvalue weighted by molar-refractivity contribution is -0.274. The Hall–Kier alpha value is -2.77. The van der Waals surface area contributed by atoms with Crippen LogP contribution in [0.5, 0.6) is 5.75 Å². The van der Waals surface area contributed by atoms with Crippen LogP contribution in [0.2, 0.25) is 0 Å². The summed E-state index contributed by atoms with van der Waals surface area (Å²) < 4.78 is 46.9. The molecule has 2 saturated carbocycles. The summed E-state index contributed by atoms with van der Waals surface area (Å²) >= 11 is 0. The fourth-order valence-electron chi connectivity index (χ4n) is 6.53. The van der Waals surface area contributed by atoms with Crippen molar-refractivity contribution in [1.82, 2.24) is 26.2 Å². The van der Waals surface area contributed by atoms with Crippen molar-refractivity contribution in [3.63, 3.8) is 0 Å². The van der Waals surface area contributed by atoms with Gasteiger partial charge < -0.3 is 30.3 Å². The summed E-state index contributed by atoms with van der Waals surface area (Å²) in [4.78, 5) is 27.0. The summed E-state index contributed by atoms with van der Waals surface area (Å²) in [6.07, 6.45) is 5.40. The highest BCUT2D eigenvalue weighted by Gasteiger charge is 2.54. The molecule has 1 aromatic carbocycles. The van der Waals surface area contributed by atoms with Crippen LogP contribution in [0, 0.1) is 11.8 Å². The second-order valence-electron chi connectivity index (χ2n) is 13.4. The summed E-state index contributed by atoms with van der Waals surface area (Å²) in [7, 11) is 1.73. The maximum absolute atomic E-state index is 13.0. The number of amides is 3. The van der Waals surface area contributed by atoms with Crippen LogP contribution >= 0.6 is 0 Å². The van der Waals surface area contributed by atoms with Crippen molar-refractivity contribution < 1.29 is 32.2 Å². The molecule has 0 radical (unpaired) electrons. The summed E-state index contributed by atoms with van der Waals surface area (Å²) in [6.45, 7) is 6.74. The van der Waals surface area contributed by atoms with Crippen molar-refractivity contribution in [3.05, 3.63) is 24.3 Å². The third kappa shape index (κ3) is 10.4. The average molecular weight is 627 g/mol. The first kappa shape index (κ1) is 34.1. The first-order chi connectivity index (χ1) is 20.7. The van der Waals surface area contributed by atoms with Crippen molar-refractivity contribution in [2.45, 2.75) is 115 Å². The minimum atomic E-state index is -4.78. The number of ether oxygens (including phenoxy) is 2. The maximum Gasteiger partial charge on any atom is 0.573 e. The van der Waals surface area contributed by atoms with Gasteiger partial charge in [-0.05, 0) is 102 Å². The minimum absolute atomic E-state index is 0.0731. The molecule has 44 heavy (non-hydrogen) atoms. The molecule has 4 rings (SSSR count). The Morgan fingerprint density at radius 2 is 1.64 bits per heavy atom. The minimum Gasteiger partial charge on any atom is -0.444 e. The van der Waals surface area contributed by atoms with Gasteiger partial charge in [-0.3, -0.25) is 10.6 Å². The van der Waals surface area contributed by atoms with Crippen LogP contribution in [0.4, 0.5) is 28.4 Å². The normalized spacial score (nSPS) is 25.1. The summed E-state index contributed by atoms with van der Waals surface area (Å²) in [6, 6.07) is 4.56. The number of anilines is 1. The molecule has 13 heteroatoms. The third-order valence-corrected chi connectivity index (χ3v) is 8.60. The van der Waals surface area contributed by atoms with Crippen LogP contribution in [0.1, 0.15) is 85.0 Å². The smallest absolute Gasteiger partial charge is 0.444 e. The topological polar surface area (TPSA) is 116 Å². The monoisotopic (exact) mass is 626 g/mol. The number of nitrogens with zero attached hydrogens (tertiary/aromatic N) is 1. The van der Waals surface area contributed by atoms with E-state index in [2.05, 4.69) is 31.3 Å². The van der Waals surface area contributed by atoms with Crippen LogP contribution in [-0.4, -0.2) is 67.1 Å². The number of carbonyl (C=O) groups is 2. The molecular weight excluding hydrogens is 577 g/mol. The number of hydrogen-bond donors (Lipinski definition) is 5. The summed E-state index contributed by atoms with van der Waals surface area (Å²) in [5.74, 6) is 0.669. The van der Waals surface area contributed by atoms with E-state index in [9.17, 15) is 22.8 Å². The molecule has 10 nitrogen and oxygen atoms in total. The van der Waals surface area contributed by atoms with E-state index >= 15 is 0 Å². The lowest BCUT2D eigenvalue weighted by Crippen LogP contribution is -2.75. The standard InChI is InChI=1S/C31H49F3N6O4/c1-29(2,3)44-28(42)40(4)19-9-18-35-25-20-30(22-12-13-22,21-10-7-5-6-8-11-21)39-26(37-25)38-27(41)36-23-14-16-24(17-15-23)43-31(32,33)34/h14-17,21-22,25-26,35,37,39H,5-13,18-20H2,1-4H3,(H2,36,38,41). The first-order valence-corrected chi connectivity index (χ1v) is 15.9. The lowest BCUT2D eigenvalue weighted by atomic mass is 9.71. The fourth-order valence-corrected chi connectivity index (χ4v) is 6.53. The highest BCUT2D eigenvalue weighted by atomic mass is 19.4. The van der Waals surface area contributed by atoms with Crippen molar-refractivity contribution in [2.24, 2.45) is 11.8 Å². The van der Waals surface area contributed by atoms with Gasteiger partial charge in [0.1, 0.15) is 17.6 Å². The molecule has 3 amide bonds. The van der Waals surface area contributed by atoms with Crippen LogP contribution in [-0.2, 0) is 4.74 Å². The Bertz CT molecular complexity index is 1090. The zero-order valence-corrected chi connectivity index (χ0v) is 26.3. The Morgan fingerprint density at radius 1 is 1.00 bits per heavy atom. The van der Waals surface area contributed by atoms with Gasteiger partial charge in [-0.2, -0.15) is 0 Å². The van der Waals surface area contributed by atoms with E-state index in [1.807, 2.05) is 20.8 Å². The number of alkyl halides is 3. The zero-order chi connectivity index (χ0) is 32.0. The molecule has 2 aliphatic carbocycles. The Kier molecular flexibility index (Phi) is 11.3. The molecule has 0 spiro atoms. The van der Waals surface area contributed by atoms with Gasteiger partial charge in [-0.1, -0.05) is 25.7 Å². The number of hydrogen-bond acceptors (Lipinski definition) is 7. The van der Waals surface area contributed by atoms with Gasteiger partial charge in [-0.25, -0.2) is 9.59 Å². The van der Waals surface area contributed by atoms with Crippen molar-refractivity contribution in [3.8, 4) is 5.75 Å². The molecular formula is C31H49F3N6O4. The first-order valence-electron chi connectivity index (χ1n) is 15.9. The predicted molar refractivity (Wildman–Crippen MR) is 162 cm³/mol. The molecule has 5 N–H and O–H groups in total. The quantitative estimate of drug-likeness (QED) is 0.163. The van der Waals surface area contributed by atoms with Crippen molar-refractivity contribution in [1.29, 1.82) is 0 Å². The molecule has 1 aromatic rings. The van der Waals surface area contributed by atoms with Gasteiger partial charge in [0, 0.05) is 24.8 Å². The van der Waals surface area contributed by atoms with E-state index < -0.39 is 24.3 Å². The SMILES string of the molecule is CN(CCCNC1CC(C2CCCCCC2)(C2CC2)NC(NC(=O)Nc2ccc(OC(F)(F)F)cc2)N1)C(=O)OC(C)(C)C. The van der Waals surface area contributed by atoms with E-state index in [1.54, 1.807) is 11.9 Å². The van der Waals surface area contributed by atoms with Gasteiger partial charge >= 0.3 is 18.5 Å². The number of nitrogens with one attached hydrogen (secondary N) is 5. The highest BCUT2D eigenvalue weighted by molar-refractivity contribution is 5.89. The Labute approximate surface area is 258 Å². The van der Waals surface area contributed by atoms with Gasteiger partial charge in [0.25, 0.3) is 0 Å². The van der Waals surface area contributed by atoms with Gasteiger partial charge in [-0.15, -0.1) is 13.2 Å². The molecule has 3 fully saturated rings. The van der Waals surface area contributed by atoms with Gasteiger partial charge in [0.15, 0.2) is 0 Å². The number of benzene rings is 1. The lowest BCUT2D eigenvalue weighted by Gasteiger charge is -2.51. The molecule has 3 unspecified atom stereocenters. The van der Waals surface area contributed by atoms with Gasteiger partial charge in [0.05, 0.1) is 6.17 Å². The van der Waals surface area contributed by atoms with E-state index in [1.165, 1.54) is 37.8 Å². The molecule has 3 aliphatic rings. The van der Waals surface area contributed by atoms with Crippen molar-refractivity contribution >= 4 is 17.8 Å². The molecule has 248 valence electrons. The fraction of sp³-hybridized carbons (Fsp3) is 0.742. The molecule has 0 aromatic heterocycles. The number of halogens is 3. The third-order valence-electron chi connectivity index (χ3n) is 8.60. The molecule has 0 bridgehead atoms. The number of urea groups is 1. The number of rotatable bonds is 10. The van der Waals surface area contributed by atoms with Crippen LogP contribution in [0.25, 0.3) is 0 Å². The highest BCUT2D eigenvalue weighted by Crippen LogP contribution is 2.50. The van der Waals surface area contributed by atoms with E-state index in [0.717, 1.165) is 50.7 Å². The largest absolute Gasteiger partial charge is 0.573 e. The summed E-state index contributed by atoms with van der Waals surface area (Å²) in [5.41, 5.74) is -0.338. The van der Waals surface area contributed by atoms with Crippen LogP contribution < -0.4 is 31.3 Å². The number of carbonyl (C=O) groups excluding carboxylic acids is 2. The van der Waals surface area contributed by atoms with E-state index in [0.29, 0.717) is 30.6 Å². The predicted octanol–water partition coefficient (Wildman–Crippen LogP) is 5.87. The molecule has 3 atom stereocenters. The van der Waals surface area contributed by atoms with Crippen LogP contribution in [0.15, 0.2) is 24.3 Å². The zero-order valence-electron chi connectivity index (χ0n) is 26.3. The van der Waals surface area contributed by atoms with E-state index in [-0.39, 0.29) is 23.5 Å². The van der Waals surface area contributed by atoms with Gasteiger partial charge in [0.2, 0.25) is 0 Å². The van der Waals surface area contributed by atoms with E-state index in [4.69, 9.17) is 4.74 Å². The molecule has 1 aliphatic heterocycles. The molecule has 1 saturated heterocycles. The Morgan fingerprint density at radius 3 is 2.23 bits per heavy atom. The van der Waals surface area contributed by atoms with Crippen LogP contribution in [0.3, 0.4) is 0 Å².